The fourth-order valence-electron chi connectivity index (χ4n) is 1.27. The van der Waals surface area contributed by atoms with Crippen molar-refractivity contribution in [2.75, 3.05) is 0 Å². The van der Waals surface area contributed by atoms with Crippen molar-refractivity contribution in [2.24, 2.45) is 5.41 Å². The third-order valence-electron chi connectivity index (χ3n) is 2.37. The van der Waals surface area contributed by atoms with Crippen LogP contribution in [0, 0.1) is 11.2 Å². The molecule has 0 saturated carbocycles. The van der Waals surface area contributed by atoms with Gasteiger partial charge in [-0.05, 0) is 32.4 Å². The highest BCUT2D eigenvalue weighted by atomic mass is 79.9. The van der Waals surface area contributed by atoms with E-state index in [0.717, 1.165) is 6.07 Å². The van der Waals surface area contributed by atoms with Gasteiger partial charge in [0.15, 0.2) is 11.6 Å². The van der Waals surface area contributed by atoms with Crippen molar-refractivity contribution < 1.29 is 19.4 Å². The number of halogens is 2. The number of benzene rings is 1. The highest BCUT2D eigenvalue weighted by molar-refractivity contribution is 9.10. The Bertz CT molecular complexity index is 429. The number of rotatable bonds is 3. The highest BCUT2D eigenvalue weighted by Gasteiger charge is 2.30. The molecule has 1 aromatic rings. The molecule has 0 aromatic heterocycles. The summed E-state index contributed by atoms with van der Waals surface area (Å²) in [7, 11) is 0. The first-order valence-electron chi connectivity index (χ1n) is 4.65. The lowest BCUT2D eigenvalue weighted by Gasteiger charge is -2.20. The molecule has 1 aromatic carbocycles. The van der Waals surface area contributed by atoms with E-state index in [0.29, 0.717) is 4.47 Å². The number of phenolic OH excluding ortho intramolecular Hbond substituents is 1. The minimum Gasteiger partial charge on any atom is -0.505 e. The number of carboxylic acid groups (broad SMARTS) is 1. The Hall–Kier alpha value is -1.10. The molecule has 1 rings (SSSR count). The van der Waals surface area contributed by atoms with E-state index in [1.54, 1.807) is 0 Å². The first kappa shape index (κ1) is 13.0. The first-order valence-corrected chi connectivity index (χ1v) is 5.44. The number of carbonyl (C=O) groups is 1. The van der Waals surface area contributed by atoms with Crippen LogP contribution in [0.1, 0.15) is 19.4 Å². The fourth-order valence-corrected chi connectivity index (χ4v) is 1.73. The van der Waals surface area contributed by atoms with Crippen LogP contribution < -0.4 is 0 Å². The molecule has 0 amide bonds. The molecular weight excluding hydrogens is 279 g/mol. The van der Waals surface area contributed by atoms with Gasteiger partial charge in [-0.15, -0.1) is 0 Å². The van der Waals surface area contributed by atoms with Gasteiger partial charge in [-0.25, -0.2) is 4.39 Å². The number of aliphatic carboxylic acids is 1. The summed E-state index contributed by atoms with van der Waals surface area (Å²) in [5, 5.41) is 18.5. The summed E-state index contributed by atoms with van der Waals surface area (Å²) in [6.07, 6.45) is 0.0481. The molecule has 0 heterocycles. The molecule has 0 unspecified atom stereocenters. The predicted molar refractivity (Wildman–Crippen MR) is 60.9 cm³/mol. The average Bonchev–Trinajstić information content (AvgIpc) is 2.18. The minimum atomic E-state index is -1.06. The average molecular weight is 291 g/mol. The lowest BCUT2D eigenvalue weighted by Crippen LogP contribution is -2.26. The van der Waals surface area contributed by atoms with Gasteiger partial charge in [-0.2, -0.15) is 0 Å². The van der Waals surface area contributed by atoms with Gasteiger partial charge in [-0.3, -0.25) is 4.79 Å². The Morgan fingerprint density at radius 2 is 2.06 bits per heavy atom. The fraction of sp³-hybridized carbons (Fsp3) is 0.364. The molecule has 0 atom stereocenters. The summed E-state index contributed by atoms with van der Waals surface area (Å²) in [5.41, 5.74) is -0.791. The molecule has 0 bridgehead atoms. The van der Waals surface area contributed by atoms with Crippen LogP contribution in [0.25, 0.3) is 0 Å². The van der Waals surface area contributed by atoms with Crippen LogP contribution in [-0.2, 0) is 11.2 Å². The van der Waals surface area contributed by atoms with Crippen LogP contribution in [0.5, 0.6) is 5.75 Å². The molecule has 0 aliphatic rings. The number of phenols is 1. The lowest BCUT2D eigenvalue weighted by molar-refractivity contribution is -0.146. The van der Waals surface area contributed by atoms with E-state index in [1.807, 2.05) is 0 Å². The lowest BCUT2D eigenvalue weighted by atomic mass is 9.85. The van der Waals surface area contributed by atoms with E-state index in [4.69, 9.17) is 5.11 Å². The van der Waals surface area contributed by atoms with Crippen molar-refractivity contribution in [3.8, 4) is 5.75 Å². The standard InChI is InChI=1S/C11H12BrFO3/c1-11(2,10(15)16)5-6-7(12)3-4-8(13)9(6)14/h3-4,14H,5H2,1-2H3,(H,15,16). The monoisotopic (exact) mass is 290 g/mol. The van der Waals surface area contributed by atoms with Crippen LogP contribution in [0.2, 0.25) is 0 Å². The summed E-state index contributed by atoms with van der Waals surface area (Å²) < 4.78 is 13.6. The quantitative estimate of drug-likeness (QED) is 0.900. The summed E-state index contributed by atoms with van der Waals surface area (Å²) in [6.45, 7) is 3.04. The van der Waals surface area contributed by atoms with Gasteiger partial charge in [0.1, 0.15) is 0 Å². The molecule has 88 valence electrons. The summed E-state index contributed by atoms with van der Waals surface area (Å²) in [6, 6.07) is 2.57. The van der Waals surface area contributed by atoms with E-state index in [1.165, 1.54) is 19.9 Å². The molecule has 5 heteroatoms. The SMILES string of the molecule is CC(C)(Cc1c(Br)ccc(F)c1O)C(=O)O. The van der Waals surface area contributed by atoms with Gasteiger partial charge in [-0.1, -0.05) is 15.9 Å². The molecule has 0 aliphatic heterocycles. The van der Waals surface area contributed by atoms with Crippen LogP contribution >= 0.6 is 15.9 Å². The zero-order chi connectivity index (χ0) is 12.5. The second-order valence-corrected chi connectivity index (χ2v) is 5.08. The molecule has 0 aliphatic carbocycles. The third-order valence-corrected chi connectivity index (χ3v) is 3.12. The van der Waals surface area contributed by atoms with E-state index >= 15 is 0 Å². The van der Waals surface area contributed by atoms with E-state index < -0.39 is 23.0 Å². The Balaban J connectivity index is 3.15. The molecule has 0 spiro atoms. The normalized spacial score (nSPS) is 11.5. The van der Waals surface area contributed by atoms with Gasteiger partial charge in [0.25, 0.3) is 0 Å². The van der Waals surface area contributed by atoms with Crippen molar-refractivity contribution >= 4 is 21.9 Å². The van der Waals surface area contributed by atoms with Crippen LogP contribution in [0.15, 0.2) is 16.6 Å². The van der Waals surface area contributed by atoms with Gasteiger partial charge >= 0.3 is 5.97 Å². The van der Waals surface area contributed by atoms with Crippen molar-refractivity contribution in [1.82, 2.24) is 0 Å². The number of carboxylic acids is 1. The Kier molecular flexibility index (Phi) is 3.57. The summed E-state index contributed by atoms with van der Waals surface area (Å²) in [4.78, 5) is 10.9. The summed E-state index contributed by atoms with van der Waals surface area (Å²) >= 11 is 3.16. The summed E-state index contributed by atoms with van der Waals surface area (Å²) in [5.74, 6) is -2.24. The molecule has 2 N–H and O–H groups in total. The largest absolute Gasteiger partial charge is 0.505 e. The molecule has 16 heavy (non-hydrogen) atoms. The van der Waals surface area contributed by atoms with Crippen molar-refractivity contribution in [1.29, 1.82) is 0 Å². The third kappa shape index (κ3) is 2.52. The minimum absolute atomic E-state index is 0.0481. The number of hydrogen-bond acceptors (Lipinski definition) is 2. The number of hydrogen-bond donors (Lipinski definition) is 2. The Morgan fingerprint density at radius 3 is 2.56 bits per heavy atom. The molecule has 0 radical (unpaired) electrons. The van der Waals surface area contributed by atoms with Gasteiger partial charge < -0.3 is 10.2 Å². The molecule has 3 nitrogen and oxygen atoms in total. The maximum absolute atomic E-state index is 13.1. The predicted octanol–water partition coefficient (Wildman–Crippen LogP) is 2.95. The maximum atomic E-state index is 13.1. The Morgan fingerprint density at radius 1 is 1.50 bits per heavy atom. The zero-order valence-corrected chi connectivity index (χ0v) is 10.5. The van der Waals surface area contributed by atoms with E-state index in [-0.39, 0.29) is 12.0 Å². The van der Waals surface area contributed by atoms with E-state index in [9.17, 15) is 14.3 Å². The van der Waals surface area contributed by atoms with Gasteiger partial charge in [0, 0.05) is 10.0 Å². The molecule has 0 saturated heterocycles. The molecular formula is C11H12BrFO3. The van der Waals surface area contributed by atoms with Gasteiger partial charge in [0.2, 0.25) is 0 Å². The highest BCUT2D eigenvalue weighted by Crippen LogP contribution is 2.34. The number of aromatic hydroxyl groups is 1. The zero-order valence-electron chi connectivity index (χ0n) is 8.92. The van der Waals surface area contributed by atoms with Crippen LogP contribution in [0.4, 0.5) is 4.39 Å². The van der Waals surface area contributed by atoms with Crippen molar-refractivity contribution in [3.63, 3.8) is 0 Å². The van der Waals surface area contributed by atoms with Gasteiger partial charge in [0.05, 0.1) is 5.41 Å². The van der Waals surface area contributed by atoms with Crippen molar-refractivity contribution in [2.45, 2.75) is 20.3 Å². The second-order valence-electron chi connectivity index (χ2n) is 4.22. The van der Waals surface area contributed by atoms with Crippen molar-refractivity contribution in [3.05, 3.63) is 28.0 Å². The smallest absolute Gasteiger partial charge is 0.309 e. The second kappa shape index (κ2) is 4.41. The van der Waals surface area contributed by atoms with Crippen LogP contribution in [-0.4, -0.2) is 16.2 Å². The van der Waals surface area contributed by atoms with E-state index in [2.05, 4.69) is 15.9 Å². The molecule has 0 fully saturated rings. The first-order chi connectivity index (χ1) is 7.25. The van der Waals surface area contributed by atoms with Crippen LogP contribution in [0.3, 0.4) is 0 Å². The topological polar surface area (TPSA) is 57.5 Å². The Labute approximate surface area is 101 Å². The maximum Gasteiger partial charge on any atom is 0.309 e.